The van der Waals surface area contributed by atoms with E-state index in [-0.39, 0.29) is 0 Å². The molecule has 4 heteroatoms. The molecule has 2 unspecified atom stereocenters. The van der Waals surface area contributed by atoms with Crippen molar-refractivity contribution < 1.29 is 0 Å². The second-order valence-electron chi connectivity index (χ2n) is 5.02. The van der Waals surface area contributed by atoms with Gasteiger partial charge in [-0.1, -0.05) is 13.0 Å². The third-order valence-electron chi connectivity index (χ3n) is 3.78. The van der Waals surface area contributed by atoms with Crippen LogP contribution in [0.3, 0.4) is 0 Å². The van der Waals surface area contributed by atoms with E-state index in [2.05, 4.69) is 58.4 Å². The average Bonchev–Trinajstić information content (AvgIpc) is 3.03. The second-order valence-corrected chi connectivity index (χ2v) is 9.03. The number of rotatable bonds is 4. The van der Waals surface area contributed by atoms with E-state index in [1.807, 2.05) is 22.7 Å². The summed E-state index contributed by atoms with van der Waals surface area (Å²) in [5, 5.41) is 6.07. The van der Waals surface area contributed by atoms with E-state index in [0.29, 0.717) is 12.1 Å². The fraction of sp³-hybridized carbons (Fsp3) is 0.467. The molecule has 1 N–H and O–H groups in total. The van der Waals surface area contributed by atoms with Crippen LogP contribution in [-0.2, 0) is 6.42 Å². The molecule has 2 aromatic rings. The molecule has 3 rings (SSSR count). The van der Waals surface area contributed by atoms with Crippen LogP contribution in [-0.4, -0.2) is 0 Å². The zero-order valence-corrected chi connectivity index (χ0v) is 14.8. The highest BCUT2D eigenvalue weighted by Crippen LogP contribution is 2.38. The molecule has 1 aliphatic rings. The lowest BCUT2D eigenvalue weighted by Gasteiger charge is -2.28. The molecule has 0 fully saturated rings. The Kier molecular flexibility index (Phi) is 4.62. The van der Waals surface area contributed by atoms with Gasteiger partial charge in [0.2, 0.25) is 0 Å². The Bertz CT molecular complexity index is 532. The SMILES string of the molecule is CCC(NC1CCCc2sc(I)cc21)c1cccs1. The van der Waals surface area contributed by atoms with Gasteiger partial charge in [-0.3, -0.25) is 0 Å². The minimum Gasteiger partial charge on any atom is -0.302 e. The van der Waals surface area contributed by atoms with E-state index in [4.69, 9.17) is 0 Å². The molecule has 0 aromatic carbocycles. The zero-order valence-electron chi connectivity index (χ0n) is 11.0. The van der Waals surface area contributed by atoms with Crippen molar-refractivity contribution in [2.45, 2.75) is 44.7 Å². The minimum atomic E-state index is 0.508. The minimum absolute atomic E-state index is 0.508. The van der Waals surface area contributed by atoms with Crippen molar-refractivity contribution in [1.29, 1.82) is 0 Å². The van der Waals surface area contributed by atoms with Gasteiger partial charge in [0, 0.05) is 21.8 Å². The van der Waals surface area contributed by atoms with Crippen LogP contribution in [0.1, 0.15) is 53.6 Å². The van der Waals surface area contributed by atoms with Crippen LogP contribution in [0.4, 0.5) is 0 Å². The number of nitrogens with one attached hydrogen (secondary N) is 1. The Labute approximate surface area is 136 Å². The van der Waals surface area contributed by atoms with Gasteiger partial charge in [-0.2, -0.15) is 0 Å². The molecule has 0 aliphatic heterocycles. The lowest BCUT2D eigenvalue weighted by molar-refractivity contribution is 0.399. The van der Waals surface area contributed by atoms with Gasteiger partial charge >= 0.3 is 0 Å². The summed E-state index contributed by atoms with van der Waals surface area (Å²) in [4.78, 5) is 3.08. The van der Waals surface area contributed by atoms with Crippen LogP contribution in [0.2, 0.25) is 0 Å². The van der Waals surface area contributed by atoms with Gasteiger partial charge in [-0.15, -0.1) is 22.7 Å². The Morgan fingerprint density at radius 2 is 2.42 bits per heavy atom. The summed E-state index contributed by atoms with van der Waals surface area (Å²) in [5.41, 5.74) is 1.57. The average molecular weight is 403 g/mol. The lowest BCUT2D eigenvalue weighted by Crippen LogP contribution is -2.27. The topological polar surface area (TPSA) is 12.0 Å². The van der Waals surface area contributed by atoms with Gasteiger partial charge in [-0.05, 0) is 71.4 Å². The standard InChI is InChI=1S/C15H18INS2/c1-2-11(14-7-4-8-18-14)17-12-5-3-6-13-10(12)9-15(16)19-13/h4,7-9,11-12,17H,2-3,5-6H2,1H3. The second kappa shape index (κ2) is 6.24. The van der Waals surface area contributed by atoms with Crippen molar-refractivity contribution in [3.63, 3.8) is 0 Å². The number of aryl methyl sites for hydroxylation is 1. The number of hydrogen-bond donors (Lipinski definition) is 1. The predicted octanol–water partition coefficient (Wildman–Crippen LogP) is 5.53. The molecule has 1 aliphatic carbocycles. The van der Waals surface area contributed by atoms with Gasteiger partial charge < -0.3 is 5.32 Å². The normalized spacial score (nSPS) is 20.2. The Morgan fingerprint density at radius 1 is 1.53 bits per heavy atom. The van der Waals surface area contributed by atoms with Crippen LogP contribution in [0.25, 0.3) is 0 Å². The molecule has 0 spiro atoms. The first-order valence-electron chi connectivity index (χ1n) is 6.85. The van der Waals surface area contributed by atoms with Gasteiger partial charge in [0.15, 0.2) is 0 Å². The summed E-state index contributed by atoms with van der Waals surface area (Å²) in [6, 6.07) is 7.86. The summed E-state index contributed by atoms with van der Waals surface area (Å²) in [5.74, 6) is 0. The highest BCUT2D eigenvalue weighted by Gasteiger charge is 2.25. The first-order chi connectivity index (χ1) is 9.28. The Hall–Kier alpha value is 0.0900. The van der Waals surface area contributed by atoms with Gasteiger partial charge in [-0.25, -0.2) is 0 Å². The van der Waals surface area contributed by atoms with E-state index >= 15 is 0 Å². The predicted molar refractivity (Wildman–Crippen MR) is 93.2 cm³/mol. The molecule has 0 amide bonds. The molecule has 2 atom stereocenters. The number of thiophene rings is 2. The summed E-state index contributed by atoms with van der Waals surface area (Å²) in [6.45, 7) is 2.28. The highest BCUT2D eigenvalue weighted by molar-refractivity contribution is 14.1. The van der Waals surface area contributed by atoms with Crippen molar-refractivity contribution >= 4 is 45.3 Å². The molecule has 0 saturated heterocycles. The molecule has 0 radical (unpaired) electrons. The molecule has 102 valence electrons. The maximum Gasteiger partial charge on any atom is 0.0659 e. The van der Waals surface area contributed by atoms with Crippen molar-refractivity contribution in [2.75, 3.05) is 0 Å². The summed E-state index contributed by atoms with van der Waals surface area (Å²) < 4.78 is 1.43. The van der Waals surface area contributed by atoms with Crippen molar-refractivity contribution in [3.05, 3.63) is 41.8 Å². The van der Waals surface area contributed by atoms with E-state index in [1.165, 1.54) is 27.0 Å². The fourth-order valence-electron chi connectivity index (χ4n) is 2.83. The largest absolute Gasteiger partial charge is 0.302 e. The quantitative estimate of drug-likeness (QED) is 0.662. The lowest BCUT2D eigenvalue weighted by atomic mass is 9.93. The number of hydrogen-bond acceptors (Lipinski definition) is 3. The van der Waals surface area contributed by atoms with Crippen LogP contribution in [0.15, 0.2) is 23.6 Å². The third kappa shape index (κ3) is 3.06. The van der Waals surface area contributed by atoms with Gasteiger partial charge in [0.25, 0.3) is 0 Å². The van der Waals surface area contributed by atoms with E-state index in [1.54, 1.807) is 10.4 Å². The first kappa shape index (κ1) is 14.0. The highest BCUT2D eigenvalue weighted by atomic mass is 127. The molecular weight excluding hydrogens is 385 g/mol. The Morgan fingerprint density at radius 3 is 3.16 bits per heavy atom. The van der Waals surface area contributed by atoms with Crippen LogP contribution in [0.5, 0.6) is 0 Å². The summed E-state index contributed by atoms with van der Waals surface area (Å²) in [6.07, 6.45) is 5.04. The van der Waals surface area contributed by atoms with Crippen molar-refractivity contribution in [1.82, 2.24) is 5.32 Å². The molecule has 2 aromatic heterocycles. The third-order valence-corrected chi connectivity index (χ3v) is 6.74. The number of fused-ring (bicyclic) bond motifs is 1. The van der Waals surface area contributed by atoms with Crippen LogP contribution >= 0.6 is 45.3 Å². The fourth-order valence-corrected chi connectivity index (χ4v) is 5.82. The van der Waals surface area contributed by atoms with Crippen molar-refractivity contribution in [2.24, 2.45) is 0 Å². The van der Waals surface area contributed by atoms with Crippen LogP contribution < -0.4 is 5.32 Å². The molecule has 0 bridgehead atoms. The van der Waals surface area contributed by atoms with Crippen LogP contribution in [0, 0.1) is 2.88 Å². The zero-order chi connectivity index (χ0) is 13.2. The van der Waals surface area contributed by atoms with Gasteiger partial charge in [0.05, 0.1) is 2.88 Å². The number of halogens is 1. The van der Waals surface area contributed by atoms with Gasteiger partial charge in [0.1, 0.15) is 0 Å². The monoisotopic (exact) mass is 403 g/mol. The van der Waals surface area contributed by atoms with Crippen molar-refractivity contribution in [3.8, 4) is 0 Å². The van der Waals surface area contributed by atoms with E-state index in [9.17, 15) is 0 Å². The molecule has 0 saturated carbocycles. The molecule has 2 heterocycles. The maximum atomic E-state index is 3.89. The summed E-state index contributed by atoms with van der Waals surface area (Å²) in [7, 11) is 0. The molecular formula is C15H18INS2. The van der Waals surface area contributed by atoms with E-state index in [0.717, 1.165) is 6.42 Å². The molecule has 1 nitrogen and oxygen atoms in total. The summed E-state index contributed by atoms with van der Waals surface area (Å²) >= 11 is 6.30. The van der Waals surface area contributed by atoms with E-state index < -0.39 is 0 Å². The first-order valence-corrected chi connectivity index (χ1v) is 9.63. The Balaban J connectivity index is 1.80. The maximum absolute atomic E-state index is 3.89. The molecule has 19 heavy (non-hydrogen) atoms. The smallest absolute Gasteiger partial charge is 0.0659 e.